The number of unbranched alkanes of at least 4 members (excludes halogenated alkanes) is 4. The molecule has 1 aliphatic rings. The van der Waals surface area contributed by atoms with E-state index in [2.05, 4.69) is 43.0 Å². The number of nitrogens with zero attached hydrogens (tertiary/aromatic N) is 3. The zero-order chi connectivity index (χ0) is 35.7. The molecule has 9 nitrogen and oxygen atoms in total. The summed E-state index contributed by atoms with van der Waals surface area (Å²) in [6.45, 7) is 9.70. The number of aliphatic carboxylic acids is 1. The monoisotopic (exact) mass is 696 g/mol. The first-order valence-electron chi connectivity index (χ1n) is 17.6. The summed E-state index contributed by atoms with van der Waals surface area (Å²) in [5.74, 6) is -0.672. The standard InChI is InChI=1S/C40H48N4O5S/c1-5-6-7-8-9-22-49-32-16-14-28(15-17-32)31-24-41-36(42-25-31)29-12-10-27(11-13-29)23-33(38(46)44-21-20-30(26-44)39(47)48)43-37(45)34-18-19-35(50-34)40(2,3)4/h10-19,24-25,30,33H,5-9,20-23,26H2,1-4H3,(H,43,45)(H,47,48)/t30-,33-/m0/s1. The fourth-order valence-corrected chi connectivity index (χ4v) is 6.93. The van der Waals surface area contributed by atoms with E-state index in [1.165, 1.54) is 37.0 Å². The molecule has 10 heteroatoms. The van der Waals surface area contributed by atoms with E-state index >= 15 is 0 Å². The molecule has 0 radical (unpaired) electrons. The number of carboxylic acid groups (broad SMARTS) is 1. The van der Waals surface area contributed by atoms with Gasteiger partial charge in [0.05, 0.1) is 17.4 Å². The highest BCUT2D eigenvalue weighted by atomic mass is 32.1. The Kier molecular flexibility index (Phi) is 12.4. The quantitative estimate of drug-likeness (QED) is 0.122. The van der Waals surface area contributed by atoms with Crippen LogP contribution in [0.1, 0.15) is 86.3 Å². The summed E-state index contributed by atoms with van der Waals surface area (Å²) < 4.78 is 5.90. The van der Waals surface area contributed by atoms with Crippen molar-refractivity contribution >= 4 is 29.1 Å². The number of nitrogens with one attached hydrogen (secondary N) is 1. The Morgan fingerprint density at radius 1 is 0.920 bits per heavy atom. The summed E-state index contributed by atoms with van der Waals surface area (Å²) in [4.78, 5) is 51.0. The second kappa shape index (κ2) is 16.9. The van der Waals surface area contributed by atoms with Crippen molar-refractivity contribution in [1.82, 2.24) is 20.2 Å². The van der Waals surface area contributed by atoms with Crippen molar-refractivity contribution in [3.8, 4) is 28.3 Å². The summed E-state index contributed by atoms with van der Waals surface area (Å²) in [5, 5.41) is 12.4. The van der Waals surface area contributed by atoms with E-state index in [1.54, 1.807) is 23.4 Å². The van der Waals surface area contributed by atoms with Crippen LogP contribution in [0.3, 0.4) is 0 Å². The summed E-state index contributed by atoms with van der Waals surface area (Å²) in [5.41, 5.74) is 3.49. The predicted molar refractivity (Wildman–Crippen MR) is 197 cm³/mol. The zero-order valence-electron chi connectivity index (χ0n) is 29.5. The van der Waals surface area contributed by atoms with Gasteiger partial charge in [-0.05, 0) is 53.6 Å². The van der Waals surface area contributed by atoms with Crippen molar-refractivity contribution < 1.29 is 24.2 Å². The van der Waals surface area contributed by atoms with Crippen LogP contribution in [0.2, 0.25) is 0 Å². The highest BCUT2D eigenvalue weighted by Gasteiger charge is 2.35. The van der Waals surface area contributed by atoms with Crippen LogP contribution in [-0.2, 0) is 21.4 Å². The Hall–Kier alpha value is -4.57. The van der Waals surface area contributed by atoms with Gasteiger partial charge in [-0.25, -0.2) is 9.97 Å². The number of aromatic nitrogens is 2. The van der Waals surface area contributed by atoms with Gasteiger partial charge in [0.25, 0.3) is 5.91 Å². The molecule has 0 unspecified atom stereocenters. The van der Waals surface area contributed by atoms with Crippen LogP contribution in [0, 0.1) is 5.92 Å². The average Bonchev–Trinajstić information content (AvgIpc) is 3.82. The van der Waals surface area contributed by atoms with Crippen LogP contribution in [0.15, 0.2) is 73.1 Å². The first-order valence-corrected chi connectivity index (χ1v) is 18.4. The average molecular weight is 697 g/mol. The van der Waals surface area contributed by atoms with Gasteiger partial charge in [0.15, 0.2) is 5.82 Å². The molecule has 5 rings (SSSR count). The zero-order valence-corrected chi connectivity index (χ0v) is 30.3. The number of carbonyl (C=O) groups is 3. The molecule has 264 valence electrons. The first kappa shape index (κ1) is 36.7. The maximum absolute atomic E-state index is 13.7. The molecule has 2 atom stereocenters. The highest BCUT2D eigenvalue weighted by Crippen LogP contribution is 2.30. The lowest BCUT2D eigenvalue weighted by Gasteiger charge is -2.24. The number of thiophene rings is 1. The highest BCUT2D eigenvalue weighted by molar-refractivity contribution is 7.14. The van der Waals surface area contributed by atoms with Gasteiger partial charge in [0.2, 0.25) is 5.91 Å². The number of amides is 2. The topological polar surface area (TPSA) is 122 Å². The van der Waals surface area contributed by atoms with Crippen LogP contribution < -0.4 is 10.1 Å². The van der Waals surface area contributed by atoms with Crippen molar-refractivity contribution in [1.29, 1.82) is 0 Å². The molecule has 0 saturated carbocycles. The van der Waals surface area contributed by atoms with Gasteiger partial charge < -0.3 is 20.1 Å². The number of benzene rings is 2. The molecule has 2 amide bonds. The maximum atomic E-state index is 13.7. The number of rotatable bonds is 15. The Bertz CT molecular complexity index is 1730. The lowest BCUT2D eigenvalue weighted by molar-refractivity contribution is -0.141. The van der Waals surface area contributed by atoms with Gasteiger partial charge in [-0.3, -0.25) is 14.4 Å². The number of hydrogen-bond acceptors (Lipinski definition) is 7. The maximum Gasteiger partial charge on any atom is 0.308 e. The SMILES string of the molecule is CCCCCCCOc1ccc(-c2cnc(-c3ccc(C[C@H](NC(=O)c4ccc(C(C)(C)C)s4)C(=O)N4CC[C@H](C(=O)O)C4)cc3)nc2)cc1. The summed E-state index contributed by atoms with van der Waals surface area (Å²) >= 11 is 1.42. The van der Waals surface area contributed by atoms with Crippen LogP contribution in [0.4, 0.5) is 0 Å². The fourth-order valence-electron chi connectivity index (χ4n) is 5.97. The van der Waals surface area contributed by atoms with Crippen molar-refractivity contribution in [2.24, 2.45) is 5.92 Å². The lowest BCUT2D eigenvalue weighted by atomic mass is 9.95. The van der Waals surface area contributed by atoms with Crippen molar-refractivity contribution in [2.45, 2.75) is 84.1 Å². The third kappa shape index (κ3) is 9.78. The summed E-state index contributed by atoms with van der Waals surface area (Å²) in [7, 11) is 0. The molecule has 0 spiro atoms. The number of carbonyl (C=O) groups excluding carboxylic acids is 2. The minimum Gasteiger partial charge on any atom is -0.494 e. The molecular formula is C40H48N4O5S. The van der Waals surface area contributed by atoms with Gasteiger partial charge in [0.1, 0.15) is 11.8 Å². The van der Waals surface area contributed by atoms with Gasteiger partial charge in [-0.15, -0.1) is 11.3 Å². The molecular weight excluding hydrogens is 649 g/mol. The molecule has 1 fully saturated rings. The molecule has 0 bridgehead atoms. The molecule has 4 aromatic rings. The molecule has 2 aromatic carbocycles. The van der Waals surface area contributed by atoms with Crippen LogP contribution in [-0.4, -0.2) is 63.5 Å². The third-order valence-electron chi connectivity index (χ3n) is 9.03. The van der Waals surface area contributed by atoms with Crippen LogP contribution in [0.25, 0.3) is 22.5 Å². The van der Waals surface area contributed by atoms with E-state index in [4.69, 9.17) is 4.74 Å². The van der Waals surface area contributed by atoms with Gasteiger partial charge in [-0.2, -0.15) is 0 Å². The van der Waals surface area contributed by atoms with E-state index in [9.17, 15) is 19.5 Å². The largest absolute Gasteiger partial charge is 0.494 e. The Balaban J connectivity index is 1.23. The minimum atomic E-state index is -0.911. The van der Waals surface area contributed by atoms with E-state index in [-0.39, 0.29) is 30.2 Å². The summed E-state index contributed by atoms with van der Waals surface area (Å²) in [6.07, 6.45) is 10.3. The molecule has 1 aliphatic heterocycles. The van der Waals surface area contributed by atoms with Crippen molar-refractivity contribution in [3.63, 3.8) is 0 Å². The Labute approximate surface area is 299 Å². The third-order valence-corrected chi connectivity index (χ3v) is 10.5. The second-order valence-electron chi connectivity index (χ2n) is 14.0. The van der Waals surface area contributed by atoms with Crippen molar-refractivity contribution in [2.75, 3.05) is 19.7 Å². The molecule has 2 N–H and O–H groups in total. The lowest BCUT2D eigenvalue weighted by Crippen LogP contribution is -2.49. The van der Waals surface area contributed by atoms with E-state index in [0.29, 0.717) is 23.7 Å². The number of likely N-dealkylation sites (tertiary alicyclic amines) is 1. The first-order chi connectivity index (χ1) is 24.0. The second-order valence-corrected chi connectivity index (χ2v) is 15.1. The fraction of sp³-hybridized carbons (Fsp3) is 0.425. The molecule has 2 aromatic heterocycles. The summed E-state index contributed by atoms with van der Waals surface area (Å²) in [6, 6.07) is 18.5. The van der Waals surface area contributed by atoms with Crippen LogP contribution in [0.5, 0.6) is 5.75 Å². The molecule has 50 heavy (non-hydrogen) atoms. The van der Waals surface area contributed by atoms with Gasteiger partial charge >= 0.3 is 5.97 Å². The number of hydrogen-bond donors (Lipinski definition) is 2. The minimum absolute atomic E-state index is 0.0979. The van der Waals surface area contributed by atoms with Gasteiger partial charge in [-0.1, -0.05) is 89.8 Å². The van der Waals surface area contributed by atoms with Crippen LogP contribution >= 0.6 is 11.3 Å². The number of carboxylic acids is 1. The van der Waals surface area contributed by atoms with Crippen molar-refractivity contribution in [3.05, 3.63) is 88.4 Å². The molecule has 1 saturated heterocycles. The smallest absolute Gasteiger partial charge is 0.308 e. The molecule has 3 heterocycles. The predicted octanol–water partition coefficient (Wildman–Crippen LogP) is 7.79. The number of ether oxygens (including phenoxy) is 1. The molecule has 0 aliphatic carbocycles. The van der Waals surface area contributed by atoms with E-state index in [0.717, 1.165) is 45.9 Å². The van der Waals surface area contributed by atoms with E-state index < -0.39 is 17.9 Å². The normalized spacial score (nSPS) is 15.1. The van der Waals surface area contributed by atoms with Gasteiger partial charge in [0, 0.05) is 47.9 Å². The Morgan fingerprint density at radius 3 is 2.22 bits per heavy atom. The Morgan fingerprint density at radius 2 is 1.60 bits per heavy atom. The van der Waals surface area contributed by atoms with E-state index in [1.807, 2.05) is 54.6 Å².